The predicted octanol–water partition coefficient (Wildman–Crippen LogP) is 4.58. The van der Waals surface area contributed by atoms with Crippen molar-refractivity contribution < 1.29 is 4.74 Å². The van der Waals surface area contributed by atoms with Gasteiger partial charge in [0.05, 0.1) is 17.5 Å². The summed E-state index contributed by atoms with van der Waals surface area (Å²) >= 11 is 18.4. The molecule has 1 nitrogen and oxygen atoms in total. The van der Waals surface area contributed by atoms with Crippen molar-refractivity contribution in [2.24, 2.45) is 0 Å². The van der Waals surface area contributed by atoms with E-state index in [1.807, 2.05) is 24.3 Å². The zero-order valence-corrected chi connectivity index (χ0v) is 13.2. The van der Waals surface area contributed by atoms with Crippen LogP contribution in [0.2, 0.25) is 0 Å². The van der Waals surface area contributed by atoms with Crippen molar-refractivity contribution in [3.8, 4) is 0 Å². The number of alkyl halides is 3. The molecule has 0 aliphatic heterocycles. The minimum atomic E-state index is -0.0668. The first-order chi connectivity index (χ1) is 7.67. The van der Waals surface area contributed by atoms with Gasteiger partial charge in [-0.05, 0) is 17.7 Å². The van der Waals surface area contributed by atoms with Gasteiger partial charge < -0.3 is 4.74 Å². The van der Waals surface area contributed by atoms with Crippen molar-refractivity contribution in [1.29, 1.82) is 0 Å². The molecule has 0 heterocycles. The molecule has 16 heavy (non-hydrogen) atoms. The molecular weight excluding hydrogens is 379 g/mol. The molecule has 0 N–H and O–H groups in total. The molecule has 5 heteroatoms. The Labute approximate surface area is 123 Å². The van der Waals surface area contributed by atoms with Crippen molar-refractivity contribution in [3.05, 3.63) is 34.3 Å². The minimum Gasteiger partial charge on any atom is -0.371 e. The second-order valence-corrected chi connectivity index (χ2v) is 6.01. The van der Waals surface area contributed by atoms with Gasteiger partial charge in [0.2, 0.25) is 0 Å². The van der Waals surface area contributed by atoms with Gasteiger partial charge in [-0.15, -0.1) is 23.2 Å². The van der Waals surface area contributed by atoms with Crippen LogP contribution < -0.4 is 0 Å². The summed E-state index contributed by atoms with van der Waals surface area (Å²) in [6, 6.07) is 8.00. The average Bonchev–Trinajstić information content (AvgIpc) is 2.31. The van der Waals surface area contributed by atoms with E-state index in [9.17, 15) is 0 Å². The first-order valence-electron chi connectivity index (χ1n) is 4.79. The number of rotatable bonds is 6. The van der Waals surface area contributed by atoms with Crippen LogP contribution >= 0.6 is 55.1 Å². The summed E-state index contributed by atoms with van der Waals surface area (Å²) in [5.74, 6) is 0.914. The average molecular weight is 391 g/mol. The van der Waals surface area contributed by atoms with Crippen LogP contribution in [-0.4, -0.2) is 22.7 Å². The van der Waals surface area contributed by atoms with Gasteiger partial charge in [-0.2, -0.15) is 0 Å². The van der Waals surface area contributed by atoms with E-state index in [-0.39, 0.29) is 10.9 Å². The van der Waals surface area contributed by atoms with E-state index in [1.54, 1.807) is 0 Å². The Morgan fingerprint density at radius 3 is 2.25 bits per heavy atom. The van der Waals surface area contributed by atoms with Gasteiger partial charge in [0.25, 0.3) is 0 Å². The van der Waals surface area contributed by atoms with Gasteiger partial charge in [-0.3, -0.25) is 0 Å². The predicted molar refractivity (Wildman–Crippen MR) is 76.9 cm³/mol. The molecule has 2 atom stereocenters. The summed E-state index contributed by atoms with van der Waals surface area (Å²) in [5, 5.41) is 0. The van der Waals surface area contributed by atoms with Crippen LogP contribution in [0.4, 0.5) is 0 Å². The maximum Gasteiger partial charge on any atom is 0.0851 e. The third-order valence-electron chi connectivity index (χ3n) is 2.08. The number of halogens is 4. The smallest absolute Gasteiger partial charge is 0.0851 e. The largest absolute Gasteiger partial charge is 0.371 e. The Hall–Kier alpha value is 0.720. The molecule has 0 aliphatic carbocycles. The maximum absolute atomic E-state index is 5.81. The molecule has 0 radical (unpaired) electrons. The first kappa shape index (κ1) is 14.8. The van der Waals surface area contributed by atoms with E-state index in [0.717, 1.165) is 10.0 Å². The molecule has 1 rings (SSSR count). The number of hydrogen-bond acceptors (Lipinski definition) is 1. The molecule has 90 valence electrons. The molecule has 0 spiro atoms. The second-order valence-electron chi connectivity index (χ2n) is 3.30. The van der Waals surface area contributed by atoms with E-state index >= 15 is 0 Å². The van der Waals surface area contributed by atoms with E-state index in [1.165, 1.54) is 0 Å². The lowest BCUT2D eigenvalue weighted by Crippen LogP contribution is -2.27. The molecule has 1 aromatic rings. The zero-order valence-electron chi connectivity index (χ0n) is 8.51. The summed E-state index contributed by atoms with van der Waals surface area (Å²) in [5.41, 5.74) is 1.12. The van der Waals surface area contributed by atoms with Gasteiger partial charge in [0.1, 0.15) is 0 Å². The highest BCUT2D eigenvalue weighted by Gasteiger charge is 2.17. The van der Waals surface area contributed by atoms with Crippen LogP contribution in [0.1, 0.15) is 5.56 Å². The van der Waals surface area contributed by atoms with Crippen molar-refractivity contribution in [1.82, 2.24) is 0 Å². The molecule has 0 saturated carbocycles. The van der Waals surface area contributed by atoms with Gasteiger partial charge in [0.15, 0.2) is 0 Å². The maximum atomic E-state index is 5.81. The lowest BCUT2D eigenvalue weighted by atomic mass is 10.2. The Bertz CT molecular complexity index is 305. The molecular formula is C11H12Br2Cl2O. The summed E-state index contributed by atoms with van der Waals surface area (Å²) in [7, 11) is 0. The van der Waals surface area contributed by atoms with E-state index in [4.69, 9.17) is 27.9 Å². The molecule has 0 bridgehead atoms. The lowest BCUT2D eigenvalue weighted by molar-refractivity contribution is 0.0584. The molecule has 0 saturated heterocycles. The lowest BCUT2D eigenvalue weighted by Gasteiger charge is -2.19. The van der Waals surface area contributed by atoms with E-state index < -0.39 is 0 Å². The van der Waals surface area contributed by atoms with Crippen LogP contribution in [-0.2, 0) is 11.3 Å². The normalized spacial score (nSPS) is 14.8. The van der Waals surface area contributed by atoms with Gasteiger partial charge in [-0.25, -0.2) is 0 Å². The second kappa shape index (κ2) is 7.93. The first-order valence-corrected chi connectivity index (χ1v) is 7.57. The van der Waals surface area contributed by atoms with Crippen LogP contribution in [0.3, 0.4) is 0 Å². The summed E-state index contributed by atoms with van der Waals surface area (Å²) < 4.78 is 6.75. The molecule has 0 amide bonds. The van der Waals surface area contributed by atoms with Crippen molar-refractivity contribution >= 4 is 55.1 Å². The van der Waals surface area contributed by atoms with Crippen molar-refractivity contribution in [2.75, 3.05) is 11.8 Å². The van der Waals surface area contributed by atoms with E-state index in [0.29, 0.717) is 18.4 Å². The number of ether oxygens (including phenoxy) is 1. The quantitative estimate of drug-likeness (QED) is 0.646. The Kier molecular flexibility index (Phi) is 7.33. The molecule has 0 aliphatic rings. The number of benzene rings is 1. The van der Waals surface area contributed by atoms with Gasteiger partial charge in [-0.1, -0.05) is 44.0 Å². The van der Waals surface area contributed by atoms with Crippen LogP contribution in [0.5, 0.6) is 0 Å². The Balaban J connectivity index is 2.46. The Morgan fingerprint density at radius 1 is 1.12 bits per heavy atom. The topological polar surface area (TPSA) is 9.23 Å². The van der Waals surface area contributed by atoms with Crippen LogP contribution in [0, 0.1) is 0 Å². The molecule has 1 aromatic carbocycles. The molecule has 0 fully saturated rings. The van der Waals surface area contributed by atoms with Crippen LogP contribution in [0.25, 0.3) is 0 Å². The fraction of sp³-hybridized carbons (Fsp3) is 0.455. The van der Waals surface area contributed by atoms with Gasteiger partial charge >= 0.3 is 0 Å². The standard InChI is InChI=1S/C11H12Br2Cl2O/c12-9-3-1-8(2-4-9)7-16-11(6-15)10(13)5-14/h1-4,10-11H,5-7H2. The SMILES string of the molecule is ClCC(Br)C(CCl)OCc1ccc(Br)cc1. The minimum absolute atomic E-state index is 0.0668. The highest BCUT2D eigenvalue weighted by Crippen LogP contribution is 2.16. The van der Waals surface area contributed by atoms with Crippen LogP contribution in [0.15, 0.2) is 28.7 Å². The molecule has 2 unspecified atom stereocenters. The van der Waals surface area contributed by atoms with Crippen molar-refractivity contribution in [2.45, 2.75) is 17.5 Å². The third-order valence-corrected chi connectivity index (χ3v) is 4.53. The van der Waals surface area contributed by atoms with E-state index in [2.05, 4.69) is 31.9 Å². The summed E-state index contributed by atoms with van der Waals surface area (Å²) in [4.78, 5) is 0.0853. The fourth-order valence-corrected chi connectivity index (χ4v) is 2.45. The third kappa shape index (κ3) is 4.92. The number of hydrogen-bond donors (Lipinski definition) is 0. The highest BCUT2D eigenvalue weighted by atomic mass is 79.9. The molecule has 0 aromatic heterocycles. The van der Waals surface area contributed by atoms with Crippen molar-refractivity contribution in [3.63, 3.8) is 0 Å². The summed E-state index contributed by atoms with van der Waals surface area (Å²) in [6.45, 7) is 0.545. The monoisotopic (exact) mass is 388 g/mol. The Morgan fingerprint density at radius 2 is 1.75 bits per heavy atom. The summed E-state index contributed by atoms with van der Waals surface area (Å²) in [6.07, 6.45) is -0.0668. The highest BCUT2D eigenvalue weighted by molar-refractivity contribution is 9.10. The van der Waals surface area contributed by atoms with Gasteiger partial charge in [0, 0.05) is 16.2 Å². The fourth-order valence-electron chi connectivity index (χ4n) is 1.13. The zero-order chi connectivity index (χ0) is 12.0.